The third-order valence-corrected chi connectivity index (χ3v) is 3.41. The van der Waals surface area contributed by atoms with Gasteiger partial charge in [0, 0.05) is 6.42 Å². The summed E-state index contributed by atoms with van der Waals surface area (Å²) in [4.78, 5) is 10.4. The number of hydrogen-bond donors (Lipinski definition) is 2. The third-order valence-electron chi connectivity index (χ3n) is 3.41. The van der Waals surface area contributed by atoms with Gasteiger partial charge in [-0.15, -0.1) is 0 Å². The number of aliphatic hydroxyl groups excluding tert-OH is 1. The van der Waals surface area contributed by atoms with Crippen LogP contribution in [0, 0.1) is 0 Å². The Hall–Kier alpha value is -1.61. The largest absolute Gasteiger partial charge is 0.481 e. The Kier molecular flexibility index (Phi) is 15.6. The van der Waals surface area contributed by atoms with E-state index < -0.39 is 5.97 Å². The molecule has 23 heavy (non-hydrogen) atoms. The van der Waals surface area contributed by atoms with Gasteiger partial charge in [0.05, 0.1) is 6.10 Å². The van der Waals surface area contributed by atoms with Crippen molar-refractivity contribution >= 4 is 5.97 Å². The molecule has 3 heteroatoms. The van der Waals surface area contributed by atoms with E-state index in [-0.39, 0.29) is 12.5 Å². The van der Waals surface area contributed by atoms with Crippen LogP contribution in [0.1, 0.15) is 64.7 Å². The van der Waals surface area contributed by atoms with E-state index in [2.05, 4.69) is 19.1 Å². The Morgan fingerprint density at radius 2 is 1.48 bits per heavy atom. The number of carbonyl (C=O) groups is 1. The standard InChI is InChI=1S/C20H32O3/c1-2-3-4-5-6-7-8-9-10-13-16-19(21)17-14-11-12-15-18-20(22)23/h3-10,19,21H,2,11-18H2,1H3,(H,22,23)/b4-3-,6-5-,8-7-,10-9-. The highest BCUT2D eigenvalue weighted by atomic mass is 16.4. The maximum atomic E-state index is 10.4. The number of rotatable bonds is 14. The molecule has 0 rings (SSSR count). The van der Waals surface area contributed by atoms with Crippen LogP contribution < -0.4 is 0 Å². The molecule has 2 N–H and O–H groups in total. The van der Waals surface area contributed by atoms with Gasteiger partial charge in [0.25, 0.3) is 0 Å². The Morgan fingerprint density at radius 3 is 2.13 bits per heavy atom. The van der Waals surface area contributed by atoms with Gasteiger partial charge in [0.15, 0.2) is 0 Å². The van der Waals surface area contributed by atoms with Crippen LogP contribution in [-0.2, 0) is 4.79 Å². The van der Waals surface area contributed by atoms with Crippen LogP contribution in [0.25, 0.3) is 0 Å². The van der Waals surface area contributed by atoms with Crippen molar-refractivity contribution in [3.05, 3.63) is 48.6 Å². The molecule has 130 valence electrons. The first-order valence-corrected chi connectivity index (χ1v) is 8.71. The summed E-state index contributed by atoms with van der Waals surface area (Å²) in [5.74, 6) is -0.723. The van der Waals surface area contributed by atoms with Crippen LogP contribution in [0.2, 0.25) is 0 Å². The van der Waals surface area contributed by atoms with Gasteiger partial charge >= 0.3 is 5.97 Å². The first-order valence-electron chi connectivity index (χ1n) is 8.71. The fourth-order valence-corrected chi connectivity index (χ4v) is 2.09. The van der Waals surface area contributed by atoms with Crippen molar-refractivity contribution in [3.8, 4) is 0 Å². The summed E-state index contributed by atoms with van der Waals surface area (Å²) >= 11 is 0. The molecule has 0 aliphatic rings. The minimum Gasteiger partial charge on any atom is -0.481 e. The highest BCUT2D eigenvalue weighted by molar-refractivity contribution is 5.66. The van der Waals surface area contributed by atoms with Crippen molar-refractivity contribution < 1.29 is 15.0 Å². The fraction of sp³-hybridized carbons (Fsp3) is 0.550. The van der Waals surface area contributed by atoms with Gasteiger partial charge < -0.3 is 10.2 Å². The molecule has 0 aliphatic carbocycles. The molecule has 0 saturated carbocycles. The molecule has 0 heterocycles. The number of unbranched alkanes of at least 4 members (excludes halogenated alkanes) is 3. The van der Waals surface area contributed by atoms with Gasteiger partial charge in [-0.2, -0.15) is 0 Å². The molecule has 0 aliphatic heterocycles. The van der Waals surface area contributed by atoms with Crippen molar-refractivity contribution in [3.63, 3.8) is 0 Å². The zero-order chi connectivity index (χ0) is 17.2. The van der Waals surface area contributed by atoms with Gasteiger partial charge in [0.2, 0.25) is 0 Å². The number of allylic oxidation sites excluding steroid dienone is 8. The highest BCUT2D eigenvalue weighted by Crippen LogP contribution is 2.10. The molecule has 0 aromatic rings. The third kappa shape index (κ3) is 18.3. The van der Waals surface area contributed by atoms with Crippen molar-refractivity contribution in [2.45, 2.75) is 70.8 Å². The molecule has 3 nitrogen and oxygen atoms in total. The summed E-state index contributed by atoms with van der Waals surface area (Å²) in [6.45, 7) is 2.11. The molecule has 0 radical (unpaired) electrons. The van der Waals surface area contributed by atoms with Crippen LogP contribution in [0.3, 0.4) is 0 Å². The van der Waals surface area contributed by atoms with E-state index in [0.29, 0.717) is 0 Å². The molecule has 0 fully saturated rings. The van der Waals surface area contributed by atoms with Crippen LogP contribution in [0.5, 0.6) is 0 Å². The van der Waals surface area contributed by atoms with E-state index in [1.807, 2.05) is 36.5 Å². The Labute approximate surface area is 141 Å². The number of aliphatic hydroxyl groups is 1. The zero-order valence-corrected chi connectivity index (χ0v) is 14.4. The van der Waals surface area contributed by atoms with E-state index in [1.165, 1.54) is 0 Å². The predicted octanol–water partition coefficient (Wildman–Crippen LogP) is 5.19. The van der Waals surface area contributed by atoms with E-state index in [1.54, 1.807) is 0 Å². The molecule has 0 aromatic heterocycles. The minimum absolute atomic E-state index is 0.248. The zero-order valence-electron chi connectivity index (χ0n) is 14.4. The number of carboxylic acids is 1. The van der Waals surface area contributed by atoms with E-state index in [0.717, 1.165) is 51.4 Å². The lowest BCUT2D eigenvalue weighted by molar-refractivity contribution is -0.137. The number of carboxylic acid groups (broad SMARTS) is 1. The topological polar surface area (TPSA) is 57.5 Å². The molecular formula is C20H32O3. The van der Waals surface area contributed by atoms with Crippen molar-refractivity contribution in [1.29, 1.82) is 0 Å². The fourth-order valence-electron chi connectivity index (χ4n) is 2.09. The molecular weight excluding hydrogens is 288 g/mol. The summed E-state index contributed by atoms with van der Waals surface area (Å²) < 4.78 is 0. The van der Waals surface area contributed by atoms with Crippen LogP contribution in [0.4, 0.5) is 0 Å². The lowest BCUT2D eigenvalue weighted by Crippen LogP contribution is -2.05. The van der Waals surface area contributed by atoms with Crippen LogP contribution in [-0.4, -0.2) is 22.3 Å². The lowest BCUT2D eigenvalue weighted by Gasteiger charge is -2.08. The second kappa shape index (κ2) is 16.8. The molecule has 0 aromatic carbocycles. The number of aliphatic carboxylic acids is 1. The lowest BCUT2D eigenvalue weighted by atomic mass is 10.0. The molecule has 0 bridgehead atoms. The van der Waals surface area contributed by atoms with Crippen molar-refractivity contribution in [1.82, 2.24) is 0 Å². The quantitative estimate of drug-likeness (QED) is 0.342. The second-order valence-electron chi connectivity index (χ2n) is 5.61. The Balaban J connectivity index is 3.51. The minimum atomic E-state index is -0.723. The van der Waals surface area contributed by atoms with Gasteiger partial charge in [0.1, 0.15) is 0 Å². The van der Waals surface area contributed by atoms with Gasteiger partial charge in [-0.05, 0) is 32.1 Å². The normalized spacial score (nSPS) is 13.8. The summed E-state index contributed by atoms with van der Waals surface area (Å²) in [6, 6.07) is 0. The molecule has 1 unspecified atom stereocenters. The SMILES string of the molecule is CC\C=C/C=C\C=C/C=C\CCC(O)CCCCCCC(=O)O. The van der Waals surface area contributed by atoms with E-state index in [9.17, 15) is 9.90 Å². The highest BCUT2D eigenvalue weighted by Gasteiger charge is 2.02. The van der Waals surface area contributed by atoms with Gasteiger partial charge in [-0.1, -0.05) is 74.8 Å². The van der Waals surface area contributed by atoms with E-state index in [4.69, 9.17) is 5.11 Å². The maximum absolute atomic E-state index is 10.4. The molecule has 0 amide bonds. The summed E-state index contributed by atoms with van der Waals surface area (Å²) in [7, 11) is 0. The average Bonchev–Trinajstić information content (AvgIpc) is 2.52. The first kappa shape index (κ1) is 21.4. The monoisotopic (exact) mass is 320 g/mol. The molecule has 0 saturated heterocycles. The Bertz CT molecular complexity index is 392. The van der Waals surface area contributed by atoms with Gasteiger partial charge in [-0.3, -0.25) is 4.79 Å². The first-order chi connectivity index (χ1) is 11.2. The molecule has 0 spiro atoms. The number of hydrogen-bond acceptors (Lipinski definition) is 2. The smallest absolute Gasteiger partial charge is 0.303 e. The van der Waals surface area contributed by atoms with E-state index >= 15 is 0 Å². The molecule has 1 atom stereocenters. The van der Waals surface area contributed by atoms with Crippen molar-refractivity contribution in [2.24, 2.45) is 0 Å². The Morgan fingerprint density at radius 1 is 0.870 bits per heavy atom. The average molecular weight is 320 g/mol. The maximum Gasteiger partial charge on any atom is 0.303 e. The van der Waals surface area contributed by atoms with Gasteiger partial charge in [-0.25, -0.2) is 0 Å². The van der Waals surface area contributed by atoms with Crippen LogP contribution >= 0.6 is 0 Å². The second-order valence-corrected chi connectivity index (χ2v) is 5.61. The van der Waals surface area contributed by atoms with Crippen LogP contribution in [0.15, 0.2) is 48.6 Å². The van der Waals surface area contributed by atoms with Crippen molar-refractivity contribution in [2.75, 3.05) is 0 Å². The summed E-state index contributed by atoms with van der Waals surface area (Å²) in [6.07, 6.45) is 23.4. The summed E-state index contributed by atoms with van der Waals surface area (Å²) in [5, 5.41) is 18.4. The summed E-state index contributed by atoms with van der Waals surface area (Å²) in [5.41, 5.74) is 0. The predicted molar refractivity (Wildman–Crippen MR) is 97.4 cm³/mol.